The van der Waals surface area contributed by atoms with Gasteiger partial charge < -0.3 is 4.98 Å². The van der Waals surface area contributed by atoms with Crippen molar-refractivity contribution < 1.29 is 4.79 Å². The molecule has 6 heteroatoms. The van der Waals surface area contributed by atoms with E-state index in [-0.39, 0.29) is 5.91 Å². The molecule has 0 radical (unpaired) electrons. The van der Waals surface area contributed by atoms with Crippen molar-refractivity contribution in [3.63, 3.8) is 0 Å². The van der Waals surface area contributed by atoms with Gasteiger partial charge in [0.05, 0.1) is 10.0 Å². The Hall–Kier alpha value is -1.52. The van der Waals surface area contributed by atoms with Gasteiger partial charge in [0.1, 0.15) is 0 Å². The molecule has 4 nitrogen and oxygen atoms in total. The molecule has 1 amide bonds. The maximum Gasteiger partial charge on any atom is 0.258 e. The average Bonchev–Trinajstić information content (AvgIpc) is 2.74. The number of nitrogens with one attached hydrogen (secondary N) is 2. The topological polar surface area (TPSA) is 57.8 Å². The fraction of sp³-hybridized carbons (Fsp3) is 0. The molecule has 0 spiro atoms. The summed E-state index contributed by atoms with van der Waals surface area (Å²) >= 11 is 11.6. The number of halogens is 2. The zero-order valence-corrected chi connectivity index (χ0v) is 9.51. The predicted octanol–water partition coefficient (Wildman–Crippen LogP) is 2.97. The molecule has 0 aliphatic carbocycles. The highest BCUT2D eigenvalue weighted by molar-refractivity contribution is 6.42. The summed E-state index contributed by atoms with van der Waals surface area (Å²) < 4.78 is 0. The van der Waals surface area contributed by atoms with Crippen LogP contribution in [-0.4, -0.2) is 15.9 Å². The summed E-state index contributed by atoms with van der Waals surface area (Å²) in [5.74, 6) is 0.0876. The van der Waals surface area contributed by atoms with Gasteiger partial charge in [0.15, 0.2) is 0 Å². The van der Waals surface area contributed by atoms with E-state index in [2.05, 4.69) is 15.3 Å². The highest BCUT2D eigenvalue weighted by Gasteiger charge is 2.08. The minimum absolute atomic E-state index is 0.298. The Morgan fingerprint density at radius 1 is 1.31 bits per heavy atom. The SMILES string of the molecule is O=C(Nc1ncc[nH]1)c1ccc(Cl)c(Cl)c1. The Morgan fingerprint density at radius 3 is 2.75 bits per heavy atom. The van der Waals surface area contributed by atoms with Crippen molar-refractivity contribution in [1.29, 1.82) is 0 Å². The van der Waals surface area contributed by atoms with Crippen LogP contribution in [0, 0.1) is 0 Å². The van der Waals surface area contributed by atoms with Crippen molar-refractivity contribution in [2.24, 2.45) is 0 Å². The Balaban J connectivity index is 2.18. The molecular formula is C10H7Cl2N3O. The van der Waals surface area contributed by atoms with Gasteiger partial charge in [-0.1, -0.05) is 23.2 Å². The molecule has 2 aromatic rings. The predicted molar refractivity (Wildman–Crippen MR) is 63.0 cm³/mol. The zero-order chi connectivity index (χ0) is 11.5. The molecule has 0 bridgehead atoms. The van der Waals surface area contributed by atoms with Gasteiger partial charge in [-0.25, -0.2) is 4.98 Å². The number of nitrogens with zero attached hydrogens (tertiary/aromatic N) is 1. The van der Waals surface area contributed by atoms with E-state index in [9.17, 15) is 4.79 Å². The lowest BCUT2D eigenvalue weighted by atomic mass is 10.2. The van der Waals surface area contributed by atoms with Crippen LogP contribution < -0.4 is 5.32 Å². The van der Waals surface area contributed by atoms with E-state index in [1.54, 1.807) is 24.5 Å². The van der Waals surface area contributed by atoms with E-state index in [1.807, 2.05) is 0 Å². The Kier molecular flexibility index (Phi) is 3.12. The third-order valence-corrected chi connectivity index (χ3v) is 2.65. The number of H-pyrrole nitrogens is 1. The standard InChI is InChI=1S/C10H7Cl2N3O/c11-7-2-1-6(5-8(7)12)9(16)15-10-13-3-4-14-10/h1-5H,(H2,13,14,15,16). The number of amides is 1. The van der Waals surface area contributed by atoms with Crippen molar-refractivity contribution in [3.8, 4) is 0 Å². The van der Waals surface area contributed by atoms with Crippen molar-refractivity contribution in [1.82, 2.24) is 9.97 Å². The Labute approximate surface area is 102 Å². The van der Waals surface area contributed by atoms with Crippen LogP contribution in [-0.2, 0) is 0 Å². The second-order valence-electron chi connectivity index (χ2n) is 3.02. The summed E-state index contributed by atoms with van der Waals surface area (Å²) in [5, 5.41) is 3.33. The summed E-state index contributed by atoms with van der Waals surface area (Å²) in [6, 6.07) is 4.66. The first-order valence-corrected chi connectivity index (χ1v) is 5.18. The van der Waals surface area contributed by atoms with Gasteiger partial charge in [0, 0.05) is 18.0 Å². The molecule has 0 aliphatic heterocycles. The number of benzene rings is 1. The summed E-state index contributed by atoms with van der Waals surface area (Å²) in [6.07, 6.45) is 3.16. The zero-order valence-electron chi connectivity index (χ0n) is 8.00. The van der Waals surface area contributed by atoms with Gasteiger partial charge in [-0.15, -0.1) is 0 Å². The van der Waals surface area contributed by atoms with E-state index >= 15 is 0 Å². The van der Waals surface area contributed by atoms with Crippen LogP contribution in [0.25, 0.3) is 0 Å². The lowest BCUT2D eigenvalue weighted by molar-refractivity contribution is 0.102. The molecule has 1 aromatic heterocycles. The van der Waals surface area contributed by atoms with Crippen LogP contribution in [0.2, 0.25) is 10.0 Å². The lowest BCUT2D eigenvalue weighted by Gasteiger charge is -2.03. The molecule has 16 heavy (non-hydrogen) atoms. The highest BCUT2D eigenvalue weighted by Crippen LogP contribution is 2.22. The lowest BCUT2D eigenvalue weighted by Crippen LogP contribution is -2.12. The molecule has 0 saturated carbocycles. The number of carbonyl (C=O) groups is 1. The molecule has 2 N–H and O–H groups in total. The molecule has 0 aliphatic rings. The van der Waals surface area contributed by atoms with Crippen LogP contribution in [0.1, 0.15) is 10.4 Å². The van der Waals surface area contributed by atoms with Gasteiger partial charge in [-0.3, -0.25) is 10.1 Å². The molecule has 1 heterocycles. The molecule has 0 unspecified atom stereocenters. The molecule has 1 aromatic carbocycles. The number of anilines is 1. The van der Waals surface area contributed by atoms with Crippen molar-refractivity contribution >= 4 is 35.1 Å². The van der Waals surface area contributed by atoms with E-state index in [1.165, 1.54) is 6.07 Å². The monoisotopic (exact) mass is 255 g/mol. The summed E-state index contributed by atoms with van der Waals surface area (Å²) in [6.45, 7) is 0. The van der Waals surface area contributed by atoms with E-state index < -0.39 is 0 Å². The first-order valence-electron chi connectivity index (χ1n) is 4.42. The number of aromatic amines is 1. The molecular weight excluding hydrogens is 249 g/mol. The quantitative estimate of drug-likeness (QED) is 0.867. The van der Waals surface area contributed by atoms with E-state index in [0.717, 1.165) is 0 Å². The molecule has 0 atom stereocenters. The molecule has 82 valence electrons. The van der Waals surface area contributed by atoms with Gasteiger partial charge >= 0.3 is 0 Å². The number of rotatable bonds is 2. The molecule has 2 rings (SSSR count). The molecule has 0 fully saturated rings. The summed E-state index contributed by atoms with van der Waals surface area (Å²) in [5.41, 5.74) is 0.422. The maximum absolute atomic E-state index is 11.7. The normalized spacial score (nSPS) is 10.1. The molecule has 0 saturated heterocycles. The third kappa shape index (κ3) is 2.35. The van der Waals surface area contributed by atoms with Gasteiger partial charge in [0.25, 0.3) is 5.91 Å². The second kappa shape index (κ2) is 4.55. The summed E-state index contributed by atoms with van der Waals surface area (Å²) in [7, 11) is 0. The van der Waals surface area contributed by atoms with Crippen molar-refractivity contribution in [2.75, 3.05) is 5.32 Å². The van der Waals surface area contributed by atoms with Crippen LogP contribution in [0.3, 0.4) is 0 Å². The average molecular weight is 256 g/mol. The minimum atomic E-state index is -0.298. The van der Waals surface area contributed by atoms with Crippen molar-refractivity contribution in [2.45, 2.75) is 0 Å². The largest absolute Gasteiger partial charge is 0.331 e. The number of carbonyl (C=O) groups excluding carboxylic acids is 1. The van der Waals surface area contributed by atoms with Crippen molar-refractivity contribution in [3.05, 3.63) is 46.2 Å². The van der Waals surface area contributed by atoms with Gasteiger partial charge in [-0.2, -0.15) is 0 Å². The fourth-order valence-corrected chi connectivity index (χ4v) is 1.45. The van der Waals surface area contributed by atoms with Crippen LogP contribution >= 0.6 is 23.2 Å². The van der Waals surface area contributed by atoms with E-state index in [0.29, 0.717) is 21.6 Å². The van der Waals surface area contributed by atoms with Crippen LogP contribution in [0.15, 0.2) is 30.6 Å². The smallest absolute Gasteiger partial charge is 0.258 e. The number of aromatic nitrogens is 2. The highest BCUT2D eigenvalue weighted by atomic mass is 35.5. The van der Waals surface area contributed by atoms with Crippen LogP contribution in [0.5, 0.6) is 0 Å². The number of imidazole rings is 1. The first-order chi connectivity index (χ1) is 7.66. The van der Waals surface area contributed by atoms with Gasteiger partial charge in [0.2, 0.25) is 5.95 Å². The fourth-order valence-electron chi connectivity index (χ4n) is 1.15. The van der Waals surface area contributed by atoms with Crippen LogP contribution in [0.4, 0.5) is 5.95 Å². The summed E-state index contributed by atoms with van der Waals surface area (Å²) in [4.78, 5) is 18.3. The number of hydrogen-bond acceptors (Lipinski definition) is 2. The Morgan fingerprint density at radius 2 is 2.12 bits per heavy atom. The van der Waals surface area contributed by atoms with Gasteiger partial charge in [-0.05, 0) is 18.2 Å². The Bertz CT molecular complexity index is 511. The first kappa shape index (κ1) is 11.0. The second-order valence-corrected chi connectivity index (χ2v) is 3.84. The van der Waals surface area contributed by atoms with E-state index in [4.69, 9.17) is 23.2 Å². The third-order valence-electron chi connectivity index (χ3n) is 1.91. The number of hydrogen-bond donors (Lipinski definition) is 2. The maximum atomic E-state index is 11.7. The minimum Gasteiger partial charge on any atom is -0.331 e.